The first kappa shape index (κ1) is 22.1. The summed E-state index contributed by atoms with van der Waals surface area (Å²) < 4.78 is 35.7. The van der Waals surface area contributed by atoms with Crippen molar-refractivity contribution in [1.82, 2.24) is 19.0 Å². The van der Waals surface area contributed by atoms with Crippen LogP contribution in [0.2, 0.25) is 0 Å². The molecular weight excluding hydrogens is 452 g/mol. The number of carbonyl (C=O) groups excluding carboxylic acids is 1. The summed E-state index contributed by atoms with van der Waals surface area (Å²) >= 11 is 0. The van der Waals surface area contributed by atoms with Crippen molar-refractivity contribution >= 4 is 15.9 Å². The van der Waals surface area contributed by atoms with E-state index < -0.39 is 10.0 Å². The Morgan fingerprint density at radius 1 is 0.882 bits per heavy atom. The Bertz CT molecular complexity index is 1360. The topological polar surface area (TPSA) is 88.7 Å². The third-order valence-electron chi connectivity index (χ3n) is 5.84. The van der Waals surface area contributed by atoms with Crippen LogP contribution >= 0.6 is 0 Å². The van der Waals surface area contributed by atoms with E-state index in [0.717, 1.165) is 11.1 Å². The second-order valence-corrected chi connectivity index (χ2v) is 9.97. The summed E-state index contributed by atoms with van der Waals surface area (Å²) in [6, 6.07) is 22.4. The number of hydrogen-bond donors (Lipinski definition) is 0. The SMILES string of the molecule is O=C(c1ccco1)N1CCN(S(=O)(=O)c2cn(Cc3ccccc3)nc2-c2ccccc2)CC1. The summed E-state index contributed by atoms with van der Waals surface area (Å²) in [7, 11) is -3.83. The van der Waals surface area contributed by atoms with Crippen molar-refractivity contribution in [1.29, 1.82) is 0 Å². The van der Waals surface area contributed by atoms with E-state index in [1.54, 1.807) is 27.9 Å². The summed E-state index contributed by atoms with van der Waals surface area (Å²) in [5.41, 5.74) is 2.18. The molecule has 1 fully saturated rings. The van der Waals surface area contributed by atoms with Crippen LogP contribution in [-0.2, 0) is 16.6 Å². The number of rotatable bonds is 6. The highest BCUT2D eigenvalue weighted by Crippen LogP contribution is 2.29. The van der Waals surface area contributed by atoms with Gasteiger partial charge in [0.15, 0.2) is 5.76 Å². The quantitative estimate of drug-likeness (QED) is 0.426. The van der Waals surface area contributed by atoms with E-state index in [2.05, 4.69) is 5.10 Å². The molecule has 2 aromatic carbocycles. The number of amides is 1. The molecule has 1 aliphatic heterocycles. The van der Waals surface area contributed by atoms with Crippen molar-refractivity contribution in [3.05, 3.63) is 96.6 Å². The normalized spacial score (nSPS) is 14.9. The van der Waals surface area contributed by atoms with Crippen molar-refractivity contribution in [2.24, 2.45) is 0 Å². The van der Waals surface area contributed by atoms with Crippen LogP contribution in [0, 0.1) is 0 Å². The highest BCUT2D eigenvalue weighted by Gasteiger charge is 2.34. The number of sulfonamides is 1. The van der Waals surface area contributed by atoms with Crippen LogP contribution in [0.1, 0.15) is 16.1 Å². The Morgan fingerprint density at radius 3 is 2.21 bits per heavy atom. The number of nitrogens with zero attached hydrogens (tertiary/aromatic N) is 4. The lowest BCUT2D eigenvalue weighted by Gasteiger charge is -2.33. The number of aromatic nitrogens is 2. The van der Waals surface area contributed by atoms with E-state index >= 15 is 0 Å². The Morgan fingerprint density at radius 2 is 1.56 bits per heavy atom. The van der Waals surface area contributed by atoms with Crippen molar-refractivity contribution in [2.75, 3.05) is 26.2 Å². The molecule has 0 aliphatic carbocycles. The number of hydrogen-bond acceptors (Lipinski definition) is 5. The van der Waals surface area contributed by atoms with Gasteiger partial charge in [0.1, 0.15) is 10.6 Å². The van der Waals surface area contributed by atoms with Gasteiger partial charge < -0.3 is 9.32 Å². The van der Waals surface area contributed by atoms with Gasteiger partial charge in [-0.05, 0) is 17.7 Å². The maximum atomic E-state index is 13.7. The molecule has 1 amide bonds. The zero-order valence-electron chi connectivity index (χ0n) is 18.4. The Balaban J connectivity index is 1.42. The van der Waals surface area contributed by atoms with Crippen molar-refractivity contribution in [3.63, 3.8) is 0 Å². The molecule has 3 heterocycles. The first-order valence-electron chi connectivity index (χ1n) is 11.0. The Labute approximate surface area is 198 Å². The van der Waals surface area contributed by atoms with Crippen LogP contribution in [0.15, 0.2) is 94.6 Å². The van der Waals surface area contributed by atoms with Gasteiger partial charge in [-0.3, -0.25) is 9.48 Å². The molecule has 1 aliphatic rings. The standard InChI is InChI=1S/C25H24N4O4S/c30-25(22-12-7-17-33-22)27-13-15-29(16-14-27)34(31,32)23-19-28(18-20-8-3-1-4-9-20)26-24(23)21-10-5-2-6-11-21/h1-12,17,19H,13-16,18H2. The maximum absolute atomic E-state index is 13.7. The average molecular weight is 477 g/mol. The van der Waals surface area contributed by atoms with E-state index in [4.69, 9.17) is 4.42 Å². The summed E-state index contributed by atoms with van der Waals surface area (Å²) in [5.74, 6) is 0.0209. The second kappa shape index (κ2) is 9.28. The van der Waals surface area contributed by atoms with Crippen molar-refractivity contribution in [2.45, 2.75) is 11.4 Å². The maximum Gasteiger partial charge on any atom is 0.289 e. The van der Waals surface area contributed by atoms with E-state index in [1.807, 2.05) is 60.7 Å². The molecule has 1 saturated heterocycles. The molecule has 0 radical (unpaired) electrons. The molecule has 2 aromatic heterocycles. The first-order valence-corrected chi connectivity index (χ1v) is 12.5. The van der Waals surface area contributed by atoms with Gasteiger partial charge in [-0.15, -0.1) is 0 Å². The van der Waals surface area contributed by atoms with Gasteiger partial charge in [0.2, 0.25) is 10.0 Å². The third-order valence-corrected chi connectivity index (χ3v) is 7.74. The Hall–Kier alpha value is -3.69. The number of benzene rings is 2. The summed E-state index contributed by atoms with van der Waals surface area (Å²) in [6.45, 7) is 1.44. The lowest BCUT2D eigenvalue weighted by atomic mass is 10.2. The molecule has 9 heteroatoms. The highest BCUT2D eigenvalue weighted by atomic mass is 32.2. The van der Waals surface area contributed by atoms with Crippen LogP contribution < -0.4 is 0 Å². The average Bonchev–Trinajstić information content (AvgIpc) is 3.56. The van der Waals surface area contributed by atoms with Crippen LogP contribution in [0.25, 0.3) is 11.3 Å². The molecule has 174 valence electrons. The van der Waals surface area contributed by atoms with Crippen LogP contribution in [0.3, 0.4) is 0 Å². The van der Waals surface area contributed by atoms with Crippen molar-refractivity contribution in [3.8, 4) is 11.3 Å². The van der Waals surface area contributed by atoms with Gasteiger partial charge in [-0.1, -0.05) is 60.7 Å². The minimum atomic E-state index is -3.83. The fraction of sp³-hybridized carbons (Fsp3) is 0.200. The van der Waals surface area contributed by atoms with Crippen LogP contribution in [0.4, 0.5) is 0 Å². The molecule has 34 heavy (non-hydrogen) atoms. The van der Waals surface area contributed by atoms with Gasteiger partial charge in [-0.2, -0.15) is 9.40 Å². The second-order valence-electron chi connectivity index (χ2n) is 8.06. The molecule has 8 nitrogen and oxygen atoms in total. The van der Waals surface area contributed by atoms with Crippen LogP contribution in [0.5, 0.6) is 0 Å². The smallest absolute Gasteiger partial charge is 0.289 e. The van der Waals surface area contributed by atoms with Gasteiger partial charge in [0, 0.05) is 37.9 Å². The number of carbonyl (C=O) groups is 1. The molecule has 0 saturated carbocycles. The van der Waals surface area contributed by atoms with E-state index in [-0.39, 0.29) is 42.7 Å². The first-order chi connectivity index (χ1) is 16.5. The van der Waals surface area contributed by atoms with Crippen molar-refractivity contribution < 1.29 is 17.6 Å². The third kappa shape index (κ3) is 4.40. The van der Waals surface area contributed by atoms with Crippen LogP contribution in [-0.4, -0.2) is 59.5 Å². The van der Waals surface area contributed by atoms with E-state index in [0.29, 0.717) is 12.2 Å². The predicted octanol–water partition coefficient (Wildman–Crippen LogP) is 3.34. The van der Waals surface area contributed by atoms with Gasteiger partial charge in [0.25, 0.3) is 5.91 Å². The van der Waals surface area contributed by atoms with Gasteiger partial charge in [-0.25, -0.2) is 8.42 Å². The van der Waals surface area contributed by atoms with E-state index in [9.17, 15) is 13.2 Å². The predicted molar refractivity (Wildman–Crippen MR) is 127 cm³/mol. The number of piperazine rings is 1. The fourth-order valence-electron chi connectivity index (χ4n) is 4.07. The lowest BCUT2D eigenvalue weighted by molar-refractivity contribution is 0.0666. The lowest BCUT2D eigenvalue weighted by Crippen LogP contribution is -2.50. The molecule has 0 unspecified atom stereocenters. The minimum Gasteiger partial charge on any atom is -0.459 e. The molecule has 5 rings (SSSR count). The zero-order valence-corrected chi connectivity index (χ0v) is 19.3. The molecule has 0 bridgehead atoms. The summed E-state index contributed by atoms with van der Waals surface area (Å²) in [4.78, 5) is 14.3. The molecular formula is C25H24N4O4S. The van der Waals surface area contributed by atoms with E-state index in [1.165, 1.54) is 10.6 Å². The Kier molecular flexibility index (Phi) is 6.04. The largest absolute Gasteiger partial charge is 0.459 e. The zero-order chi connectivity index (χ0) is 23.5. The molecule has 0 atom stereocenters. The monoisotopic (exact) mass is 476 g/mol. The van der Waals surface area contributed by atoms with Gasteiger partial charge >= 0.3 is 0 Å². The number of furan rings is 1. The fourth-order valence-corrected chi connectivity index (χ4v) is 5.65. The highest BCUT2D eigenvalue weighted by molar-refractivity contribution is 7.89. The minimum absolute atomic E-state index is 0.167. The molecule has 4 aromatic rings. The summed E-state index contributed by atoms with van der Waals surface area (Å²) in [6.07, 6.45) is 3.05. The molecule has 0 spiro atoms. The van der Waals surface area contributed by atoms with Gasteiger partial charge in [0.05, 0.1) is 12.8 Å². The summed E-state index contributed by atoms with van der Waals surface area (Å²) in [5, 5.41) is 4.65. The molecule has 0 N–H and O–H groups in total.